The zero-order valence-electron chi connectivity index (χ0n) is 13.0. The molecule has 2 aromatic rings. The molecule has 1 aromatic heterocycles. The lowest BCUT2D eigenvalue weighted by molar-refractivity contribution is 0.0524. The molecule has 1 N–H and O–H groups in total. The van der Waals surface area contributed by atoms with E-state index < -0.39 is 17.5 Å². The lowest BCUT2D eigenvalue weighted by Gasteiger charge is -2.19. The Bertz CT molecular complexity index is 759. The van der Waals surface area contributed by atoms with Crippen LogP contribution in [0.3, 0.4) is 0 Å². The predicted octanol–water partition coefficient (Wildman–Crippen LogP) is 3.85. The summed E-state index contributed by atoms with van der Waals surface area (Å²) in [7, 11) is 0. The fourth-order valence-corrected chi connectivity index (χ4v) is 2.62. The molecule has 0 fully saturated rings. The number of hydrogen-bond donors (Lipinski definition) is 1. The Labute approximate surface area is 137 Å². The molecule has 2 rings (SSSR count). The van der Waals surface area contributed by atoms with Crippen molar-refractivity contribution in [3.63, 3.8) is 0 Å². The maximum absolute atomic E-state index is 14.0. The lowest BCUT2D eigenvalue weighted by Crippen LogP contribution is -2.31. The molecule has 120 valence electrons. The molecule has 0 atom stereocenters. The van der Waals surface area contributed by atoms with Gasteiger partial charge in [0, 0.05) is 16.6 Å². The van der Waals surface area contributed by atoms with Gasteiger partial charge in [0.1, 0.15) is 16.4 Å². The quantitative estimate of drug-likeness (QED) is 0.926. The van der Waals surface area contributed by atoms with Crippen LogP contribution in [0.1, 0.15) is 31.2 Å². The van der Waals surface area contributed by atoms with Crippen molar-refractivity contribution in [3.8, 4) is 16.6 Å². The van der Waals surface area contributed by atoms with Crippen molar-refractivity contribution >= 4 is 17.4 Å². The molecular formula is C16H16FN3O2S. The SMILES string of the molecule is CC(C)(C)OC(=O)NCc1cnc(-c2ccc(C#N)cc2F)s1. The zero-order chi connectivity index (χ0) is 17.0. The summed E-state index contributed by atoms with van der Waals surface area (Å²) < 4.78 is 19.1. The van der Waals surface area contributed by atoms with Crippen molar-refractivity contribution in [2.75, 3.05) is 0 Å². The van der Waals surface area contributed by atoms with Crippen molar-refractivity contribution < 1.29 is 13.9 Å². The fraction of sp³-hybridized carbons (Fsp3) is 0.312. The van der Waals surface area contributed by atoms with Gasteiger partial charge >= 0.3 is 6.09 Å². The number of nitrogens with one attached hydrogen (secondary N) is 1. The van der Waals surface area contributed by atoms with Crippen molar-refractivity contribution in [1.82, 2.24) is 10.3 Å². The molecule has 1 aromatic carbocycles. The topological polar surface area (TPSA) is 75.0 Å². The minimum Gasteiger partial charge on any atom is -0.444 e. The van der Waals surface area contributed by atoms with E-state index in [2.05, 4.69) is 10.3 Å². The summed E-state index contributed by atoms with van der Waals surface area (Å²) in [5, 5.41) is 11.9. The van der Waals surface area contributed by atoms with Crippen molar-refractivity contribution in [2.45, 2.75) is 32.9 Å². The molecular weight excluding hydrogens is 317 g/mol. The maximum Gasteiger partial charge on any atom is 0.407 e. The van der Waals surface area contributed by atoms with E-state index in [0.29, 0.717) is 10.6 Å². The Morgan fingerprint density at radius 2 is 2.22 bits per heavy atom. The number of halogens is 1. The number of benzene rings is 1. The van der Waals surface area contributed by atoms with E-state index in [0.717, 1.165) is 4.88 Å². The van der Waals surface area contributed by atoms with Crippen molar-refractivity contribution in [1.29, 1.82) is 5.26 Å². The number of amides is 1. The van der Waals surface area contributed by atoms with Gasteiger partial charge in [-0.2, -0.15) is 5.26 Å². The third kappa shape index (κ3) is 4.76. The van der Waals surface area contributed by atoms with Crippen molar-refractivity contribution in [3.05, 3.63) is 40.7 Å². The molecule has 5 nitrogen and oxygen atoms in total. The number of ether oxygens (including phenoxy) is 1. The van der Waals surface area contributed by atoms with Crippen LogP contribution in [-0.4, -0.2) is 16.7 Å². The number of carbonyl (C=O) groups is 1. The van der Waals surface area contributed by atoms with Gasteiger partial charge in [0.25, 0.3) is 0 Å². The van der Waals surface area contributed by atoms with Gasteiger partial charge in [-0.1, -0.05) is 0 Å². The lowest BCUT2D eigenvalue weighted by atomic mass is 10.1. The summed E-state index contributed by atoms with van der Waals surface area (Å²) >= 11 is 1.27. The summed E-state index contributed by atoms with van der Waals surface area (Å²) in [5.74, 6) is -0.495. The highest BCUT2D eigenvalue weighted by atomic mass is 32.1. The largest absolute Gasteiger partial charge is 0.444 e. The van der Waals surface area contributed by atoms with Crippen LogP contribution in [0.15, 0.2) is 24.4 Å². The van der Waals surface area contributed by atoms with E-state index in [1.54, 1.807) is 33.0 Å². The fourth-order valence-electron chi connectivity index (χ4n) is 1.75. The van der Waals surface area contributed by atoms with Gasteiger partial charge in [-0.25, -0.2) is 14.2 Å². The van der Waals surface area contributed by atoms with E-state index in [-0.39, 0.29) is 12.1 Å². The third-order valence-corrected chi connectivity index (χ3v) is 3.72. The highest BCUT2D eigenvalue weighted by molar-refractivity contribution is 7.15. The molecule has 0 aliphatic carbocycles. The van der Waals surface area contributed by atoms with E-state index in [1.165, 1.54) is 23.5 Å². The molecule has 23 heavy (non-hydrogen) atoms. The van der Waals surface area contributed by atoms with Gasteiger partial charge in [-0.05, 0) is 39.0 Å². The van der Waals surface area contributed by atoms with Crippen LogP contribution in [0.4, 0.5) is 9.18 Å². The zero-order valence-corrected chi connectivity index (χ0v) is 13.8. The van der Waals surface area contributed by atoms with Gasteiger partial charge in [-0.15, -0.1) is 11.3 Å². The number of alkyl carbamates (subject to hydrolysis) is 1. The van der Waals surface area contributed by atoms with E-state index in [1.807, 2.05) is 6.07 Å². The van der Waals surface area contributed by atoms with Crippen molar-refractivity contribution in [2.24, 2.45) is 0 Å². The van der Waals surface area contributed by atoms with Crippen LogP contribution < -0.4 is 5.32 Å². The van der Waals surface area contributed by atoms with Gasteiger partial charge in [-0.3, -0.25) is 0 Å². The number of aromatic nitrogens is 1. The van der Waals surface area contributed by atoms with Crippen LogP contribution in [0.25, 0.3) is 10.6 Å². The summed E-state index contributed by atoms with van der Waals surface area (Å²) in [5.41, 5.74) is 0.0290. The molecule has 0 saturated carbocycles. The van der Waals surface area contributed by atoms with Gasteiger partial charge in [0.05, 0.1) is 18.2 Å². The minimum atomic E-state index is -0.561. The molecule has 0 bridgehead atoms. The second-order valence-electron chi connectivity index (χ2n) is 5.79. The second-order valence-corrected chi connectivity index (χ2v) is 6.91. The second kappa shape index (κ2) is 6.75. The van der Waals surface area contributed by atoms with Crippen LogP contribution in [0.5, 0.6) is 0 Å². The number of rotatable bonds is 3. The average Bonchev–Trinajstić information content (AvgIpc) is 2.91. The first-order valence-electron chi connectivity index (χ1n) is 6.90. The molecule has 1 heterocycles. The molecule has 0 radical (unpaired) electrons. The molecule has 0 aliphatic rings. The summed E-state index contributed by atoms with van der Waals surface area (Å²) in [6, 6.07) is 6.13. The summed E-state index contributed by atoms with van der Waals surface area (Å²) in [4.78, 5) is 16.5. The highest BCUT2D eigenvalue weighted by Gasteiger charge is 2.16. The third-order valence-electron chi connectivity index (χ3n) is 2.69. The van der Waals surface area contributed by atoms with Crippen LogP contribution in [0.2, 0.25) is 0 Å². The Morgan fingerprint density at radius 1 is 1.48 bits per heavy atom. The molecule has 0 aliphatic heterocycles. The molecule has 0 saturated heterocycles. The smallest absolute Gasteiger partial charge is 0.407 e. The van der Waals surface area contributed by atoms with E-state index in [9.17, 15) is 9.18 Å². The Morgan fingerprint density at radius 3 is 2.83 bits per heavy atom. The van der Waals surface area contributed by atoms with Gasteiger partial charge in [0.15, 0.2) is 0 Å². The average molecular weight is 333 g/mol. The Kier molecular flexibility index (Phi) is 4.96. The Balaban J connectivity index is 2.04. The molecule has 1 amide bonds. The Hall–Kier alpha value is -2.46. The first-order chi connectivity index (χ1) is 10.8. The summed E-state index contributed by atoms with van der Waals surface area (Å²) in [6.45, 7) is 5.60. The summed E-state index contributed by atoms with van der Waals surface area (Å²) in [6.07, 6.45) is 1.06. The number of nitriles is 1. The highest BCUT2D eigenvalue weighted by Crippen LogP contribution is 2.28. The monoisotopic (exact) mass is 333 g/mol. The molecule has 0 unspecified atom stereocenters. The molecule has 7 heteroatoms. The normalized spacial score (nSPS) is 10.9. The van der Waals surface area contributed by atoms with Gasteiger partial charge < -0.3 is 10.1 Å². The number of carbonyl (C=O) groups excluding carboxylic acids is 1. The number of nitrogens with zero attached hydrogens (tertiary/aromatic N) is 2. The van der Waals surface area contributed by atoms with Crippen LogP contribution >= 0.6 is 11.3 Å². The number of thiazole rings is 1. The van der Waals surface area contributed by atoms with E-state index >= 15 is 0 Å². The molecule has 0 spiro atoms. The standard InChI is InChI=1S/C16H16FN3O2S/c1-16(2,3)22-15(21)20-9-11-8-19-14(23-11)12-5-4-10(7-18)6-13(12)17/h4-6,8H,9H2,1-3H3,(H,20,21). The van der Waals surface area contributed by atoms with Crippen LogP contribution in [0, 0.1) is 17.1 Å². The predicted molar refractivity (Wildman–Crippen MR) is 85.3 cm³/mol. The first kappa shape index (κ1) is 16.9. The van der Waals surface area contributed by atoms with Crippen LogP contribution in [-0.2, 0) is 11.3 Å². The van der Waals surface area contributed by atoms with E-state index in [4.69, 9.17) is 10.00 Å². The van der Waals surface area contributed by atoms with Gasteiger partial charge in [0.2, 0.25) is 0 Å². The maximum atomic E-state index is 14.0. The first-order valence-corrected chi connectivity index (χ1v) is 7.72. The number of hydrogen-bond acceptors (Lipinski definition) is 5. The minimum absolute atomic E-state index is 0.254.